The van der Waals surface area contributed by atoms with Crippen LogP contribution in [0.1, 0.15) is 33.1 Å². The third-order valence-electron chi connectivity index (χ3n) is 3.63. The number of likely N-dealkylation sites (tertiary alicyclic amines) is 1. The predicted octanol–water partition coefficient (Wildman–Crippen LogP) is 4.16. The van der Waals surface area contributed by atoms with E-state index in [4.69, 9.17) is 27.9 Å². The number of carbonyl (C=O) groups is 1. The number of rotatable bonds is 3. The van der Waals surface area contributed by atoms with Crippen molar-refractivity contribution in [3.63, 3.8) is 0 Å². The second kappa shape index (κ2) is 6.68. The van der Waals surface area contributed by atoms with Gasteiger partial charge in [-0.25, -0.2) is 0 Å². The molecule has 0 radical (unpaired) electrons. The molecule has 0 saturated carbocycles. The molecule has 0 bridgehead atoms. The highest BCUT2D eigenvalue weighted by Crippen LogP contribution is 2.29. The van der Waals surface area contributed by atoms with Crippen LogP contribution in [-0.4, -0.2) is 29.5 Å². The minimum Gasteiger partial charge on any atom is -0.479 e. The van der Waals surface area contributed by atoms with Crippen LogP contribution in [0, 0.1) is 0 Å². The number of amides is 1. The van der Waals surface area contributed by atoms with Gasteiger partial charge < -0.3 is 9.64 Å². The van der Waals surface area contributed by atoms with Crippen LogP contribution in [0.2, 0.25) is 10.0 Å². The Kier molecular flexibility index (Phi) is 5.17. The third-order valence-corrected chi connectivity index (χ3v) is 4.16. The van der Waals surface area contributed by atoms with Crippen LogP contribution < -0.4 is 4.74 Å². The van der Waals surface area contributed by atoms with Crippen molar-refractivity contribution in [1.82, 2.24) is 4.90 Å². The topological polar surface area (TPSA) is 29.5 Å². The van der Waals surface area contributed by atoms with Gasteiger partial charge in [0.25, 0.3) is 5.91 Å². The van der Waals surface area contributed by atoms with E-state index in [2.05, 4.69) is 6.92 Å². The lowest BCUT2D eigenvalue weighted by Gasteiger charge is -2.35. The normalized spacial score (nSPS) is 20.6. The SMILES string of the molecule is C[C@H](Oc1ccc(Cl)cc1Cl)C(=O)N1CCCC[C@H]1C. The van der Waals surface area contributed by atoms with Crippen LogP contribution in [-0.2, 0) is 4.79 Å². The van der Waals surface area contributed by atoms with E-state index in [1.54, 1.807) is 25.1 Å². The maximum atomic E-state index is 12.4. The highest BCUT2D eigenvalue weighted by Gasteiger charge is 2.28. The first kappa shape index (κ1) is 15.5. The van der Waals surface area contributed by atoms with Gasteiger partial charge >= 0.3 is 0 Å². The molecule has 1 aromatic rings. The van der Waals surface area contributed by atoms with Crippen molar-refractivity contribution in [2.45, 2.75) is 45.3 Å². The van der Waals surface area contributed by atoms with E-state index in [-0.39, 0.29) is 11.9 Å². The molecule has 110 valence electrons. The summed E-state index contributed by atoms with van der Waals surface area (Å²) in [7, 11) is 0. The molecule has 0 spiro atoms. The van der Waals surface area contributed by atoms with Gasteiger partial charge in [0.15, 0.2) is 6.10 Å². The quantitative estimate of drug-likeness (QED) is 0.838. The number of nitrogens with zero attached hydrogens (tertiary/aromatic N) is 1. The summed E-state index contributed by atoms with van der Waals surface area (Å²) in [6.07, 6.45) is 2.75. The van der Waals surface area contributed by atoms with Crippen molar-refractivity contribution >= 4 is 29.1 Å². The van der Waals surface area contributed by atoms with E-state index < -0.39 is 6.10 Å². The summed E-state index contributed by atoms with van der Waals surface area (Å²) in [6, 6.07) is 5.28. The fourth-order valence-electron chi connectivity index (χ4n) is 2.47. The molecule has 0 aromatic heterocycles. The third kappa shape index (κ3) is 3.58. The molecule has 1 fully saturated rings. The van der Waals surface area contributed by atoms with E-state index in [1.807, 2.05) is 4.90 Å². The molecular formula is C15H19Cl2NO2. The first-order valence-corrected chi connectivity index (χ1v) is 7.67. The van der Waals surface area contributed by atoms with Crippen molar-refractivity contribution in [1.29, 1.82) is 0 Å². The second-order valence-corrected chi connectivity index (χ2v) is 6.05. The number of benzene rings is 1. The molecule has 1 saturated heterocycles. The molecule has 5 heteroatoms. The van der Waals surface area contributed by atoms with Gasteiger partial charge in [0, 0.05) is 17.6 Å². The van der Waals surface area contributed by atoms with E-state index in [0.717, 1.165) is 19.4 Å². The summed E-state index contributed by atoms with van der Waals surface area (Å²) in [6.45, 7) is 4.65. The highest BCUT2D eigenvalue weighted by molar-refractivity contribution is 6.35. The number of carbonyl (C=O) groups excluding carboxylic acids is 1. The Balaban J connectivity index is 2.03. The Bertz CT molecular complexity index is 493. The predicted molar refractivity (Wildman–Crippen MR) is 81.6 cm³/mol. The fourth-order valence-corrected chi connectivity index (χ4v) is 2.92. The minimum absolute atomic E-state index is 0.0169. The van der Waals surface area contributed by atoms with Gasteiger partial charge in [-0.3, -0.25) is 4.79 Å². The summed E-state index contributed by atoms with van der Waals surface area (Å²) in [5, 5.41) is 0.967. The highest BCUT2D eigenvalue weighted by atomic mass is 35.5. The Morgan fingerprint density at radius 3 is 2.80 bits per heavy atom. The smallest absolute Gasteiger partial charge is 0.263 e. The molecule has 3 nitrogen and oxygen atoms in total. The maximum absolute atomic E-state index is 12.4. The number of ether oxygens (including phenoxy) is 1. The summed E-state index contributed by atoms with van der Waals surface area (Å²) in [4.78, 5) is 14.3. The van der Waals surface area contributed by atoms with Crippen molar-refractivity contribution in [2.75, 3.05) is 6.54 Å². The van der Waals surface area contributed by atoms with Gasteiger partial charge in [-0.05, 0) is 51.3 Å². The lowest BCUT2D eigenvalue weighted by molar-refractivity contribution is -0.141. The van der Waals surface area contributed by atoms with Crippen molar-refractivity contribution < 1.29 is 9.53 Å². The number of hydrogen-bond donors (Lipinski definition) is 0. The van der Waals surface area contributed by atoms with Gasteiger partial charge in [0.1, 0.15) is 5.75 Å². The molecule has 2 rings (SSSR count). The van der Waals surface area contributed by atoms with Crippen LogP contribution in [0.15, 0.2) is 18.2 Å². The minimum atomic E-state index is -0.547. The molecule has 0 N–H and O–H groups in total. The van der Waals surface area contributed by atoms with E-state index >= 15 is 0 Å². The van der Waals surface area contributed by atoms with Crippen LogP contribution in [0.5, 0.6) is 5.75 Å². The van der Waals surface area contributed by atoms with E-state index in [1.165, 1.54) is 6.42 Å². The number of halogens is 2. The van der Waals surface area contributed by atoms with Crippen molar-refractivity contribution in [3.8, 4) is 5.75 Å². The largest absolute Gasteiger partial charge is 0.479 e. The van der Waals surface area contributed by atoms with Crippen LogP contribution in [0.3, 0.4) is 0 Å². The van der Waals surface area contributed by atoms with Crippen molar-refractivity contribution in [2.24, 2.45) is 0 Å². The average molecular weight is 316 g/mol. The summed E-state index contributed by atoms with van der Waals surface area (Å²) < 4.78 is 5.68. The Hall–Kier alpha value is -0.930. The molecule has 1 heterocycles. The van der Waals surface area contributed by atoms with Crippen molar-refractivity contribution in [3.05, 3.63) is 28.2 Å². The van der Waals surface area contributed by atoms with Gasteiger partial charge in [0.2, 0.25) is 0 Å². The summed E-state index contributed by atoms with van der Waals surface area (Å²) in [5.74, 6) is 0.504. The second-order valence-electron chi connectivity index (χ2n) is 5.21. The zero-order valence-corrected chi connectivity index (χ0v) is 13.2. The molecule has 20 heavy (non-hydrogen) atoms. The van der Waals surface area contributed by atoms with Gasteiger partial charge in [-0.2, -0.15) is 0 Å². The van der Waals surface area contributed by atoms with E-state index in [9.17, 15) is 4.79 Å². The lowest BCUT2D eigenvalue weighted by Crippen LogP contribution is -2.47. The number of piperidine rings is 1. The van der Waals surface area contributed by atoms with Crippen LogP contribution >= 0.6 is 23.2 Å². The van der Waals surface area contributed by atoms with Gasteiger partial charge in [-0.15, -0.1) is 0 Å². The first-order chi connectivity index (χ1) is 9.49. The zero-order chi connectivity index (χ0) is 14.7. The van der Waals surface area contributed by atoms with Crippen LogP contribution in [0.4, 0.5) is 0 Å². The standard InChI is InChI=1S/C15H19Cl2NO2/c1-10-5-3-4-8-18(10)15(19)11(2)20-14-7-6-12(16)9-13(14)17/h6-7,9-11H,3-5,8H2,1-2H3/t10-,11+/m1/s1. The van der Waals surface area contributed by atoms with Crippen LogP contribution in [0.25, 0.3) is 0 Å². The molecule has 1 aliphatic heterocycles. The maximum Gasteiger partial charge on any atom is 0.263 e. The first-order valence-electron chi connectivity index (χ1n) is 6.91. The average Bonchev–Trinajstić information content (AvgIpc) is 2.41. The summed E-state index contributed by atoms with van der Waals surface area (Å²) in [5.41, 5.74) is 0. The zero-order valence-electron chi connectivity index (χ0n) is 11.7. The Labute approximate surface area is 129 Å². The molecule has 0 aliphatic carbocycles. The van der Waals surface area contributed by atoms with Gasteiger partial charge in [0.05, 0.1) is 5.02 Å². The molecular weight excluding hydrogens is 297 g/mol. The molecule has 2 atom stereocenters. The molecule has 1 amide bonds. The number of hydrogen-bond acceptors (Lipinski definition) is 2. The monoisotopic (exact) mass is 315 g/mol. The molecule has 0 unspecified atom stereocenters. The summed E-state index contributed by atoms with van der Waals surface area (Å²) >= 11 is 11.9. The van der Waals surface area contributed by atoms with E-state index in [0.29, 0.717) is 15.8 Å². The lowest BCUT2D eigenvalue weighted by atomic mass is 10.0. The fraction of sp³-hybridized carbons (Fsp3) is 0.533. The van der Waals surface area contributed by atoms with Gasteiger partial charge in [-0.1, -0.05) is 23.2 Å². The molecule has 1 aromatic carbocycles. The Morgan fingerprint density at radius 2 is 2.15 bits per heavy atom. The molecule has 1 aliphatic rings. The Morgan fingerprint density at radius 1 is 1.40 bits per heavy atom.